The second-order valence-electron chi connectivity index (χ2n) is 11.7. The van der Waals surface area contributed by atoms with Crippen LogP contribution in [-0.4, -0.2) is 26.0 Å². The molecule has 0 saturated carbocycles. The quantitative estimate of drug-likeness (QED) is 0.255. The molecule has 33 heavy (non-hydrogen) atoms. The van der Waals surface area contributed by atoms with E-state index in [-0.39, 0.29) is 31.3 Å². The maximum atomic E-state index is 11.5. The van der Waals surface area contributed by atoms with Gasteiger partial charge < -0.3 is 4.74 Å². The third-order valence-corrected chi connectivity index (χ3v) is 18.6. The number of nitro groups is 2. The molecule has 0 unspecified atom stereocenters. The van der Waals surface area contributed by atoms with Crippen molar-refractivity contribution in [2.75, 3.05) is 0 Å². The molecular formula is C24H36N2O5Si2. The SMILES string of the molecule is CC(C)(C)[Si](C)(C)c1cc([N+](=O)[O-])ccc1Oc1ccc([N+](=O)[O-])cc1[Si](C)(C)C(C)(C)C. The number of nitrogens with zero attached hydrogens (tertiary/aromatic N) is 2. The van der Waals surface area contributed by atoms with Gasteiger partial charge in [-0.15, -0.1) is 0 Å². The van der Waals surface area contributed by atoms with Crippen LogP contribution in [0.3, 0.4) is 0 Å². The van der Waals surface area contributed by atoms with Crippen LogP contribution in [0.2, 0.25) is 36.3 Å². The Morgan fingerprint density at radius 2 is 0.970 bits per heavy atom. The summed E-state index contributed by atoms with van der Waals surface area (Å²) in [6.07, 6.45) is 0. The van der Waals surface area contributed by atoms with Crippen LogP contribution in [0.5, 0.6) is 11.5 Å². The van der Waals surface area contributed by atoms with E-state index < -0.39 is 16.1 Å². The van der Waals surface area contributed by atoms with E-state index in [1.807, 2.05) is 0 Å². The summed E-state index contributed by atoms with van der Waals surface area (Å²) in [5.74, 6) is 1.17. The molecule has 0 bridgehead atoms. The van der Waals surface area contributed by atoms with Gasteiger partial charge in [-0.2, -0.15) is 0 Å². The van der Waals surface area contributed by atoms with Gasteiger partial charge in [0, 0.05) is 24.3 Å². The van der Waals surface area contributed by atoms with E-state index in [0.29, 0.717) is 11.5 Å². The predicted molar refractivity (Wildman–Crippen MR) is 140 cm³/mol. The molecule has 0 saturated heterocycles. The summed E-state index contributed by atoms with van der Waals surface area (Å²) in [6, 6.07) is 9.55. The minimum atomic E-state index is -2.21. The first-order chi connectivity index (χ1) is 14.8. The lowest BCUT2D eigenvalue weighted by molar-refractivity contribution is -0.384. The minimum absolute atomic E-state index is 0.0375. The first-order valence-corrected chi connectivity index (χ1v) is 17.1. The number of benzene rings is 2. The van der Waals surface area contributed by atoms with Crippen molar-refractivity contribution in [3.63, 3.8) is 0 Å². The third-order valence-electron chi connectivity index (χ3n) is 7.66. The predicted octanol–water partition coefficient (Wildman–Crippen LogP) is 6.73. The zero-order chi connectivity index (χ0) is 25.6. The Balaban J connectivity index is 2.78. The van der Waals surface area contributed by atoms with Crippen molar-refractivity contribution in [1.29, 1.82) is 0 Å². The second-order valence-corrected chi connectivity index (χ2v) is 22.3. The fourth-order valence-electron chi connectivity index (χ4n) is 3.34. The Kier molecular flexibility index (Phi) is 7.03. The fourth-order valence-corrected chi connectivity index (χ4v) is 7.48. The van der Waals surface area contributed by atoms with Crippen molar-refractivity contribution in [2.24, 2.45) is 0 Å². The molecule has 0 aliphatic carbocycles. The Morgan fingerprint density at radius 1 is 0.667 bits per heavy atom. The zero-order valence-corrected chi connectivity index (χ0v) is 23.4. The molecule has 2 aromatic rings. The molecule has 0 aliphatic rings. The van der Waals surface area contributed by atoms with E-state index in [4.69, 9.17) is 4.74 Å². The molecule has 0 fully saturated rings. The van der Waals surface area contributed by atoms with Crippen LogP contribution in [0, 0.1) is 20.2 Å². The largest absolute Gasteiger partial charge is 0.458 e. The van der Waals surface area contributed by atoms with E-state index in [9.17, 15) is 20.2 Å². The summed E-state index contributed by atoms with van der Waals surface area (Å²) in [6.45, 7) is 21.6. The maximum absolute atomic E-state index is 11.5. The van der Waals surface area contributed by atoms with Crippen molar-refractivity contribution >= 4 is 37.9 Å². The highest BCUT2D eigenvalue weighted by atomic mass is 28.3. The van der Waals surface area contributed by atoms with Crippen molar-refractivity contribution < 1.29 is 14.6 Å². The minimum Gasteiger partial charge on any atom is -0.458 e. The van der Waals surface area contributed by atoms with Crippen LogP contribution in [-0.2, 0) is 0 Å². The number of rotatable bonds is 6. The summed E-state index contributed by atoms with van der Waals surface area (Å²) in [5.41, 5.74) is 0.0750. The summed E-state index contributed by atoms with van der Waals surface area (Å²) in [4.78, 5) is 22.3. The average molecular weight is 489 g/mol. The van der Waals surface area contributed by atoms with E-state index >= 15 is 0 Å². The van der Waals surface area contributed by atoms with Gasteiger partial charge in [0.1, 0.15) is 11.5 Å². The van der Waals surface area contributed by atoms with Gasteiger partial charge in [-0.05, 0) is 32.6 Å². The molecule has 0 aromatic heterocycles. The highest BCUT2D eigenvalue weighted by Gasteiger charge is 2.42. The summed E-state index contributed by atoms with van der Waals surface area (Å²) < 4.78 is 6.50. The Bertz CT molecular complexity index is 998. The molecule has 2 rings (SSSR count). The van der Waals surface area contributed by atoms with Gasteiger partial charge in [0.15, 0.2) is 0 Å². The second kappa shape index (κ2) is 8.68. The van der Waals surface area contributed by atoms with Crippen LogP contribution >= 0.6 is 0 Å². The first-order valence-electron chi connectivity index (χ1n) is 11.1. The number of hydrogen-bond acceptors (Lipinski definition) is 5. The Hall–Kier alpha value is -2.53. The fraction of sp³-hybridized carbons (Fsp3) is 0.500. The zero-order valence-electron chi connectivity index (χ0n) is 21.4. The number of hydrogen-bond donors (Lipinski definition) is 0. The van der Waals surface area contributed by atoms with Crippen molar-refractivity contribution in [1.82, 2.24) is 0 Å². The molecule has 0 radical (unpaired) electrons. The lowest BCUT2D eigenvalue weighted by atomic mass is 10.2. The smallest absolute Gasteiger partial charge is 0.269 e. The van der Waals surface area contributed by atoms with Gasteiger partial charge in [-0.1, -0.05) is 67.7 Å². The molecule has 0 spiro atoms. The van der Waals surface area contributed by atoms with Crippen molar-refractivity contribution in [3.05, 3.63) is 56.6 Å². The Morgan fingerprint density at radius 3 is 1.21 bits per heavy atom. The maximum Gasteiger partial charge on any atom is 0.269 e. The molecule has 9 heteroatoms. The monoisotopic (exact) mass is 488 g/mol. The molecule has 7 nitrogen and oxygen atoms in total. The van der Waals surface area contributed by atoms with Crippen LogP contribution in [0.15, 0.2) is 36.4 Å². The van der Waals surface area contributed by atoms with Crippen LogP contribution in [0.25, 0.3) is 0 Å². The van der Waals surface area contributed by atoms with E-state index in [1.165, 1.54) is 12.1 Å². The standard InChI is InChI=1S/C24H36N2O5Si2/c1-23(2,3)32(7,8)21-15-17(25(27)28)11-13-19(21)31-20-14-12-18(26(29)30)16-22(20)33(9,10)24(4,5)6/h11-16H,1-10H3. The van der Waals surface area contributed by atoms with E-state index in [1.54, 1.807) is 24.3 Å². The van der Waals surface area contributed by atoms with Crippen molar-refractivity contribution in [3.8, 4) is 11.5 Å². The topological polar surface area (TPSA) is 95.5 Å². The number of nitro benzene ring substituents is 2. The van der Waals surface area contributed by atoms with Crippen molar-refractivity contribution in [2.45, 2.75) is 77.8 Å². The third kappa shape index (κ3) is 5.19. The molecule has 0 atom stereocenters. The summed E-state index contributed by atoms with van der Waals surface area (Å²) in [5, 5.41) is 24.6. The molecule has 180 valence electrons. The van der Waals surface area contributed by atoms with Gasteiger partial charge in [-0.25, -0.2) is 0 Å². The van der Waals surface area contributed by atoms with Gasteiger partial charge in [0.2, 0.25) is 0 Å². The molecule has 0 amide bonds. The molecule has 0 N–H and O–H groups in total. The Labute approximate surface area is 198 Å². The van der Waals surface area contributed by atoms with Gasteiger partial charge in [0.25, 0.3) is 11.4 Å². The first kappa shape index (κ1) is 26.7. The number of ether oxygens (including phenoxy) is 1. The van der Waals surface area contributed by atoms with Crippen LogP contribution in [0.4, 0.5) is 11.4 Å². The number of non-ortho nitro benzene ring substituents is 2. The van der Waals surface area contributed by atoms with Crippen LogP contribution in [0.1, 0.15) is 41.5 Å². The van der Waals surface area contributed by atoms with Gasteiger partial charge in [0.05, 0.1) is 26.0 Å². The highest BCUT2D eigenvalue weighted by molar-refractivity contribution is 6.93. The lowest BCUT2D eigenvalue weighted by Gasteiger charge is -2.39. The average Bonchev–Trinajstić information content (AvgIpc) is 2.66. The molecule has 0 heterocycles. The lowest BCUT2D eigenvalue weighted by Crippen LogP contribution is -2.51. The molecular weight excluding hydrogens is 452 g/mol. The van der Waals surface area contributed by atoms with E-state index in [0.717, 1.165) is 10.4 Å². The van der Waals surface area contributed by atoms with E-state index in [2.05, 4.69) is 67.7 Å². The normalized spacial score (nSPS) is 13.0. The summed E-state index contributed by atoms with van der Waals surface area (Å²) >= 11 is 0. The van der Waals surface area contributed by atoms with Gasteiger partial charge >= 0.3 is 0 Å². The molecule has 0 aliphatic heterocycles. The molecule has 2 aromatic carbocycles. The summed E-state index contributed by atoms with van der Waals surface area (Å²) in [7, 11) is -4.42. The highest BCUT2D eigenvalue weighted by Crippen LogP contribution is 2.41. The van der Waals surface area contributed by atoms with Crippen LogP contribution < -0.4 is 15.1 Å². The van der Waals surface area contributed by atoms with Gasteiger partial charge in [-0.3, -0.25) is 20.2 Å².